The Morgan fingerprint density at radius 3 is 3.00 bits per heavy atom. The van der Waals surface area contributed by atoms with Crippen LogP contribution in [0.25, 0.3) is 0 Å². The zero-order valence-electron chi connectivity index (χ0n) is 6.50. The first-order chi connectivity index (χ1) is 5.40. The third kappa shape index (κ3) is 0.911. The predicted octanol–water partition coefficient (Wildman–Crippen LogP) is 2.07. The molecule has 0 amide bonds. The molecule has 1 nitrogen and oxygen atoms in total. The molecule has 0 radical (unpaired) electrons. The van der Waals surface area contributed by atoms with Gasteiger partial charge in [-0.3, -0.25) is 0 Å². The number of halogens is 1. The first kappa shape index (κ1) is 7.58. The van der Waals surface area contributed by atoms with Crippen LogP contribution in [-0.2, 0) is 28.1 Å². The average Bonchev–Trinajstić information content (AvgIpc) is 2.55. The molecule has 0 unspecified atom stereocenters. The van der Waals surface area contributed by atoms with Crippen molar-refractivity contribution in [3.05, 3.63) is 0 Å². The molecule has 3 fully saturated rings. The Morgan fingerprint density at radius 2 is 2.18 bits per heavy atom. The summed E-state index contributed by atoms with van der Waals surface area (Å²) >= 11 is -1.01. The van der Waals surface area contributed by atoms with Gasteiger partial charge in [0.15, 0.2) is 0 Å². The molecule has 3 heteroatoms. The Morgan fingerprint density at radius 1 is 1.27 bits per heavy atom. The molecule has 2 saturated carbocycles. The van der Waals surface area contributed by atoms with E-state index < -0.39 is 23.3 Å². The van der Waals surface area contributed by atoms with Crippen LogP contribution in [0.15, 0.2) is 0 Å². The monoisotopic (exact) mass is 360 g/mol. The fourth-order valence-corrected chi connectivity index (χ4v) is 12.2. The maximum atomic E-state index is 6.14. The first-order valence-corrected chi connectivity index (χ1v) is 14.5. The Bertz CT molecular complexity index is 185. The van der Waals surface area contributed by atoms with Gasteiger partial charge in [-0.05, 0) is 0 Å². The van der Waals surface area contributed by atoms with Crippen LogP contribution in [0.5, 0.6) is 0 Å². The molecular formula is C8H11ClHgO. The molecule has 0 N–H and O–H groups in total. The molecule has 1 saturated heterocycles. The molecule has 5 atom stereocenters. The van der Waals surface area contributed by atoms with Crippen molar-refractivity contribution in [1.82, 2.24) is 0 Å². The second kappa shape index (κ2) is 2.59. The van der Waals surface area contributed by atoms with Crippen molar-refractivity contribution in [2.24, 2.45) is 17.8 Å². The van der Waals surface area contributed by atoms with Crippen LogP contribution in [-0.4, -0.2) is 12.7 Å². The molecule has 3 rings (SSSR count). The standard InChI is InChI=1S/C8H11O.ClH.Hg/c1-5-2-7-6(1)4-9-8(7)3-5;;/h3,5-8H,1-2,4H2;1H;/q;;+1/p-1/t5-,6-,7-,8-;;/m1../s1. The summed E-state index contributed by atoms with van der Waals surface area (Å²) in [7, 11) is 6.14. The molecule has 0 aromatic heterocycles. The predicted molar refractivity (Wildman–Crippen MR) is 39.0 cm³/mol. The minimum atomic E-state index is -1.01. The first-order valence-electron chi connectivity index (χ1n) is 4.57. The maximum absolute atomic E-state index is 6.14. The van der Waals surface area contributed by atoms with E-state index in [1.807, 2.05) is 0 Å². The Labute approximate surface area is 82.7 Å². The van der Waals surface area contributed by atoms with Gasteiger partial charge in [0.25, 0.3) is 0 Å². The van der Waals surface area contributed by atoms with Crippen molar-refractivity contribution in [1.29, 1.82) is 0 Å². The molecule has 2 aliphatic carbocycles. The van der Waals surface area contributed by atoms with Gasteiger partial charge in [0.1, 0.15) is 0 Å². The van der Waals surface area contributed by atoms with E-state index in [-0.39, 0.29) is 0 Å². The van der Waals surface area contributed by atoms with E-state index in [4.69, 9.17) is 13.0 Å². The van der Waals surface area contributed by atoms with Gasteiger partial charge >= 0.3 is 83.1 Å². The topological polar surface area (TPSA) is 9.23 Å². The molecular weight excluding hydrogens is 348 g/mol. The number of hydrogen-bond acceptors (Lipinski definition) is 1. The van der Waals surface area contributed by atoms with Gasteiger partial charge in [-0.25, -0.2) is 0 Å². The number of fused-ring (bicyclic) bond motifs is 1. The molecule has 0 spiro atoms. The quantitative estimate of drug-likeness (QED) is 0.652. The zero-order chi connectivity index (χ0) is 7.42. The Balaban J connectivity index is 1.92. The number of hydrogen-bond donors (Lipinski definition) is 0. The summed E-state index contributed by atoms with van der Waals surface area (Å²) < 4.78 is 6.72. The summed E-state index contributed by atoms with van der Waals surface area (Å²) in [5.41, 5.74) is 0. The van der Waals surface area contributed by atoms with Crippen LogP contribution < -0.4 is 0 Å². The summed E-state index contributed by atoms with van der Waals surface area (Å²) in [4.78, 5) is 0. The third-order valence-electron chi connectivity index (χ3n) is 3.92. The third-order valence-corrected chi connectivity index (χ3v) is 12.8. The SMILES string of the molecule is [Cl][Hg][C@H]1[C@@H]2C[C@@H]3CO[C@H]1[C@@H]3C2. The fraction of sp³-hybridized carbons (Fsp3) is 1.00. The zero-order valence-corrected chi connectivity index (χ0v) is 12.8. The molecule has 1 aliphatic heterocycles. The van der Waals surface area contributed by atoms with Gasteiger partial charge in [0, 0.05) is 0 Å². The van der Waals surface area contributed by atoms with Crippen LogP contribution in [0, 0.1) is 17.8 Å². The normalized spacial score (nSPS) is 58.5. The average molecular weight is 359 g/mol. The molecule has 2 bridgehead atoms. The van der Waals surface area contributed by atoms with Crippen molar-refractivity contribution in [2.45, 2.75) is 22.4 Å². The molecule has 0 aromatic rings. The van der Waals surface area contributed by atoms with E-state index in [0.717, 1.165) is 27.8 Å². The van der Waals surface area contributed by atoms with Gasteiger partial charge in [-0.15, -0.1) is 0 Å². The van der Waals surface area contributed by atoms with Gasteiger partial charge in [-0.1, -0.05) is 0 Å². The molecule has 1 heterocycles. The van der Waals surface area contributed by atoms with E-state index in [1.165, 1.54) is 12.8 Å². The minimum absolute atomic E-state index is 0.651. The number of ether oxygens (including phenoxy) is 1. The van der Waals surface area contributed by atoms with E-state index in [9.17, 15) is 0 Å². The van der Waals surface area contributed by atoms with Crippen LogP contribution in [0.2, 0.25) is 3.43 Å². The van der Waals surface area contributed by atoms with Gasteiger partial charge in [-0.2, -0.15) is 0 Å². The molecule has 58 valence electrons. The Hall–Kier alpha value is 1.19. The van der Waals surface area contributed by atoms with Crippen molar-refractivity contribution in [3.8, 4) is 0 Å². The van der Waals surface area contributed by atoms with Crippen LogP contribution in [0.3, 0.4) is 0 Å². The van der Waals surface area contributed by atoms with E-state index >= 15 is 0 Å². The summed E-state index contributed by atoms with van der Waals surface area (Å²) in [6.45, 7) is 1.06. The van der Waals surface area contributed by atoms with Gasteiger partial charge in [0.2, 0.25) is 0 Å². The second-order valence-corrected chi connectivity index (χ2v) is 11.8. The summed E-state index contributed by atoms with van der Waals surface area (Å²) in [6.07, 6.45) is 3.57. The Kier molecular flexibility index (Phi) is 1.78. The van der Waals surface area contributed by atoms with Crippen molar-refractivity contribution in [3.63, 3.8) is 0 Å². The summed E-state index contributed by atoms with van der Waals surface area (Å²) in [6, 6.07) is 0. The van der Waals surface area contributed by atoms with Crippen molar-refractivity contribution in [2.75, 3.05) is 6.61 Å². The van der Waals surface area contributed by atoms with E-state index in [0.29, 0.717) is 6.10 Å². The molecule has 11 heavy (non-hydrogen) atoms. The second-order valence-electron chi connectivity index (χ2n) is 4.27. The molecule has 3 aliphatic rings. The fourth-order valence-electron chi connectivity index (χ4n) is 3.43. The van der Waals surface area contributed by atoms with Crippen LogP contribution in [0.4, 0.5) is 0 Å². The van der Waals surface area contributed by atoms with Crippen LogP contribution >= 0.6 is 8.25 Å². The van der Waals surface area contributed by atoms with E-state index in [2.05, 4.69) is 0 Å². The summed E-state index contributed by atoms with van der Waals surface area (Å²) in [5, 5.41) is 0. The van der Waals surface area contributed by atoms with Crippen LogP contribution in [0.1, 0.15) is 12.8 Å². The number of rotatable bonds is 1. The van der Waals surface area contributed by atoms with Gasteiger partial charge in [0.05, 0.1) is 0 Å². The van der Waals surface area contributed by atoms with Crippen molar-refractivity contribution < 1.29 is 28.1 Å². The molecule has 0 aromatic carbocycles. The van der Waals surface area contributed by atoms with E-state index in [1.54, 1.807) is 0 Å². The van der Waals surface area contributed by atoms with Crippen molar-refractivity contribution >= 4 is 8.25 Å². The van der Waals surface area contributed by atoms with Gasteiger partial charge < -0.3 is 0 Å². The summed E-state index contributed by atoms with van der Waals surface area (Å²) in [5.74, 6) is 2.90.